The Hall–Kier alpha value is -3.09. The number of nitrogens with one attached hydrogen (secondary N) is 2. The summed E-state index contributed by atoms with van der Waals surface area (Å²) in [5.41, 5.74) is 1.72. The van der Waals surface area contributed by atoms with Crippen LogP contribution in [0.3, 0.4) is 0 Å². The molecule has 0 atom stereocenters. The average molecular weight is 373 g/mol. The van der Waals surface area contributed by atoms with Crippen LogP contribution < -0.4 is 24.8 Å². The van der Waals surface area contributed by atoms with Crippen molar-refractivity contribution in [2.24, 2.45) is 4.99 Å². The quantitative estimate of drug-likeness (QED) is 0.487. The maximum atomic E-state index is 10.0. The molecule has 0 amide bonds. The molecule has 2 aromatic carbocycles. The van der Waals surface area contributed by atoms with Gasteiger partial charge in [-0.05, 0) is 42.8 Å². The van der Waals surface area contributed by atoms with Gasteiger partial charge in [0.05, 0.1) is 27.9 Å². The summed E-state index contributed by atoms with van der Waals surface area (Å²) in [6.07, 6.45) is 0. The number of hydrogen-bond donors (Lipinski definition) is 3. The number of nitrogens with zero attached hydrogens (tertiary/aromatic N) is 1. The lowest BCUT2D eigenvalue weighted by Gasteiger charge is -2.13. The molecule has 27 heavy (non-hydrogen) atoms. The summed E-state index contributed by atoms with van der Waals surface area (Å²) in [7, 11) is 4.81. The molecular formula is C20H27N3O4. The minimum absolute atomic E-state index is 0.207. The SMILES string of the molecule is CCNC(=NCc1ccc(OC)c(OC)c1)NCc1cc(OC)ccc1O. The fourth-order valence-corrected chi connectivity index (χ4v) is 2.50. The van der Waals surface area contributed by atoms with Crippen molar-refractivity contribution in [2.45, 2.75) is 20.0 Å². The van der Waals surface area contributed by atoms with Crippen LogP contribution in [0.5, 0.6) is 23.0 Å². The fraction of sp³-hybridized carbons (Fsp3) is 0.350. The van der Waals surface area contributed by atoms with Crippen LogP contribution >= 0.6 is 0 Å². The number of phenols is 1. The van der Waals surface area contributed by atoms with Crippen molar-refractivity contribution >= 4 is 5.96 Å². The van der Waals surface area contributed by atoms with Gasteiger partial charge >= 0.3 is 0 Å². The van der Waals surface area contributed by atoms with Gasteiger partial charge in [-0.2, -0.15) is 0 Å². The van der Waals surface area contributed by atoms with E-state index in [0.29, 0.717) is 36.3 Å². The van der Waals surface area contributed by atoms with Gasteiger partial charge in [0.1, 0.15) is 11.5 Å². The molecule has 7 nitrogen and oxygen atoms in total. The highest BCUT2D eigenvalue weighted by Gasteiger charge is 2.07. The molecule has 0 saturated heterocycles. The molecule has 0 aliphatic heterocycles. The van der Waals surface area contributed by atoms with E-state index >= 15 is 0 Å². The molecule has 146 valence electrons. The summed E-state index contributed by atoms with van der Waals surface area (Å²) < 4.78 is 15.8. The molecule has 0 aliphatic carbocycles. The third-order valence-electron chi connectivity index (χ3n) is 3.94. The summed E-state index contributed by atoms with van der Waals surface area (Å²) in [6.45, 7) is 3.61. The Labute approximate surface area is 160 Å². The van der Waals surface area contributed by atoms with Crippen LogP contribution in [0.25, 0.3) is 0 Å². The van der Waals surface area contributed by atoms with Gasteiger partial charge in [-0.3, -0.25) is 0 Å². The smallest absolute Gasteiger partial charge is 0.191 e. The van der Waals surface area contributed by atoms with Crippen LogP contribution in [0, 0.1) is 0 Å². The molecule has 0 aliphatic rings. The number of methoxy groups -OCH3 is 3. The van der Waals surface area contributed by atoms with Crippen molar-refractivity contribution in [3.63, 3.8) is 0 Å². The zero-order chi connectivity index (χ0) is 19.6. The predicted molar refractivity (Wildman–Crippen MR) is 106 cm³/mol. The summed E-state index contributed by atoms with van der Waals surface area (Å²) in [4.78, 5) is 4.59. The number of rotatable bonds is 8. The van der Waals surface area contributed by atoms with Gasteiger partial charge in [-0.25, -0.2) is 4.99 Å². The van der Waals surface area contributed by atoms with Crippen LogP contribution in [0.4, 0.5) is 0 Å². The molecule has 0 aromatic heterocycles. The fourth-order valence-electron chi connectivity index (χ4n) is 2.50. The van der Waals surface area contributed by atoms with Crippen molar-refractivity contribution in [1.29, 1.82) is 0 Å². The number of phenolic OH excluding ortho intramolecular Hbond substituents is 1. The molecule has 0 radical (unpaired) electrons. The zero-order valence-electron chi connectivity index (χ0n) is 16.2. The van der Waals surface area contributed by atoms with Crippen LogP contribution in [0.2, 0.25) is 0 Å². The van der Waals surface area contributed by atoms with Gasteiger partial charge in [-0.15, -0.1) is 0 Å². The number of guanidine groups is 1. The molecule has 0 saturated carbocycles. The molecule has 2 aromatic rings. The second kappa shape index (κ2) is 10.2. The monoisotopic (exact) mass is 373 g/mol. The topological polar surface area (TPSA) is 84.3 Å². The van der Waals surface area contributed by atoms with Gasteiger partial charge in [0, 0.05) is 18.7 Å². The second-order valence-electron chi connectivity index (χ2n) is 5.73. The summed E-state index contributed by atoms with van der Waals surface area (Å²) >= 11 is 0. The van der Waals surface area contributed by atoms with Crippen LogP contribution in [-0.4, -0.2) is 38.9 Å². The molecule has 7 heteroatoms. The molecule has 0 spiro atoms. The van der Waals surface area contributed by atoms with E-state index in [9.17, 15) is 5.11 Å². The predicted octanol–water partition coefficient (Wildman–Crippen LogP) is 2.67. The van der Waals surface area contributed by atoms with E-state index in [4.69, 9.17) is 14.2 Å². The standard InChI is InChI=1S/C20H27N3O4/c1-5-21-20(23-13-15-11-16(25-2)7-8-17(15)24)22-12-14-6-9-18(26-3)19(10-14)27-4/h6-11,24H,5,12-13H2,1-4H3,(H2,21,22,23). The maximum Gasteiger partial charge on any atom is 0.191 e. The molecule has 0 unspecified atom stereocenters. The highest BCUT2D eigenvalue weighted by molar-refractivity contribution is 5.79. The molecule has 0 bridgehead atoms. The molecule has 0 fully saturated rings. The Balaban J connectivity index is 2.08. The van der Waals surface area contributed by atoms with Crippen molar-refractivity contribution in [1.82, 2.24) is 10.6 Å². The molecule has 3 N–H and O–H groups in total. The summed E-state index contributed by atoms with van der Waals surface area (Å²) in [6, 6.07) is 10.8. The van der Waals surface area contributed by atoms with Crippen molar-refractivity contribution in [2.75, 3.05) is 27.9 Å². The van der Waals surface area contributed by atoms with E-state index in [1.165, 1.54) is 0 Å². The van der Waals surface area contributed by atoms with Gasteiger partial charge in [0.2, 0.25) is 0 Å². The number of aliphatic imine (C=N–C) groups is 1. The first kappa shape index (κ1) is 20.2. The van der Waals surface area contributed by atoms with E-state index in [0.717, 1.165) is 17.7 Å². The van der Waals surface area contributed by atoms with Crippen LogP contribution in [0.1, 0.15) is 18.1 Å². The largest absolute Gasteiger partial charge is 0.508 e. The third-order valence-corrected chi connectivity index (χ3v) is 3.94. The van der Waals surface area contributed by atoms with E-state index in [1.807, 2.05) is 25.1 Å². The summed E-state index contributed by atoms with van der Waals surface area (Å²) in [5.74, 6) is 2.90. The number of ether oxygens (including phenoxy) is 3. The van der Waals surface area contributed by atoms with Crippen LogP contribution in [0.15, 0.2) is 41.4 Å². The van der Waals surface area contributed by atoms with E-state index < -0.39 is 0 Å². The average Bonchev–Trinajstić information content (AvgIpc) is 2.70. The Bertz CT molecular complexity index is 778. The lowest BCUT2D eigenvalue weighted by atomic mass is 10.2. The minimum atomic E-state index is 0.207. The normalized spacial score (nSPS) is 11.0. The zero-order valence-corrected chi connectivity index (χ0v) is 16.2. The Morgan fingerprint density at radius 2 is 1.74 bits per heavy atom. The van der Waals surface area contributed by atoms with Gasteiger partial charge in [-0.1, -0.05) is 6.07 Å². The van der Waals surface area contributed by atoms with E-state index in [1.54, 1.807) is 39.5 Å². The van der Waals surface area contributed by atoms with E-state index in [2.05, 4.69) is 15.6 Å². The lowest BCUT2D eigenvalue weighted by molar-refractivity contribution is 0.354. The first-order chi connectivity index (χ1) is 13.1. The number of benzene rings is 2. The minimum Gasteiger partial charge on any atom is -0.508 e. The highest BCUT2D eigenvalue weighted by Crippen LogP contribution is 2.27. The van der Waals surface area contributed by atoms with Gasteiger partial charge < -0.3 is 30.0 Å². The Morgan fingerprint density at radius 3 is 2.41 bits per heavy atom. The van der Waals surface area contributed by atoms with Crippen molar-refractivity contribution < 1.29 is 19.3 Å². The maximum absolute atomic E-state index is 10.0. The Kier molecular flexibility index (Phi) is 7.61. The Morgan fingerprint density at radius 1 is 0.963 bits per heavy atom. The first-order valence-corrected chi connectivity index (χ1v) is 8.70. The van der Waals surface area contributed by atoms with Crippen LogP contribution in [-0.2, 0) is 13.1 Å². The second-order valence-corrected chi connectivity index (χ2v) is 5.73. The van der Waals surface area contributed by atoms with Gasteiger partial charge in [0.15, 0.2) is 17.5 Å². The van der Waals surface area contributed by atoms with Crippen molar-refractivity contribution in [3.8, 4) is 23.0 Å². The first-order valence-electron chi connectivity index (χ1n) is 8.70. The van der Waals surface area contributed by atoms with Gasteiger partial charge in [0.25, 0.3) is 0 Å². The van der Waals surface area contributed by atoms with E-state index in [-0.39, 0.29) is 5.75 Å². The molecule has 2 rings (SSSR count). The highest BCUT2D eigenvalue weighted by atomic mass is 16.5. The number of hydrogen-bond acceptors (Lipinski definition) is 5. The molecule has 0 heterocycles. The summed E-state index contributed by atoms with van der Waals surface area (Å²) in [5, 5.41) is 16.4. The molecular weight excluding hydrogens is 346 g/mol. The van der Waals surface area contributed by atoms with Crippen molar-refractivity contribution in [3.05, 3.63) is 47.5 Å². The lowest BCUT2D eigenvalue weighted by Crippen LogP contribution is -2.36. The third kappa shape index (κ3) is 5.70. The number of aromatic hydroxyl groups is 1.